The predicted molar refractivity (Wildman–Crippen MR) is 73.2 cm³/mol. The standard InChI is InChI=1S/C14H22FNO3/c1-3-5-17-7-8-19-14-10-13(18-6-4-2)11(15)9-12(14)16/h9-10H,3-8,16H2,1-2H3. The fourth-order valence-electron chi connectivity index (χ4n) is 1.45. The minimum Gasteiger partial charge on any atom is -0.490 e. The van der Waals surface area contributed by atoms with E-state index >= 15 is 0 Å². The quantitative estimate of drug-likeness (QED) is 0.554. The van der Waals surface area contributed by atoms with E-state index in [-0.39, 0.29) is 11.4 Å². The van der Waals surface area contributed by atoms with Crippen LogP contribution in [-0.4, -0.2) is 26.4 Å². The fourth-order valence-corrected chi connectivity index (χ4v) is 1.45. The molecule has 108 valence electrons. The summed E-state index contributed by atoms with van der Waals surface area (Å²) in [6.45, 7) is 6.01. The van der Waals surface area contributed by atoms with E-state index in [1.807, 2.05) is 13.8 Å². The Morgan fingerprint density at radius 1 is 0.947 bits per heavy atom. The number of ether oxygens (including phenoxy) is 3. The number of hydrogen-bond donors (Lipinski definition) is 1. The third kappa shape index (κ3) is 5.34. The lowest BCUT2D eigenvalue weighted by molar-refractivity contribution is 0.101. The molecule has 0 aromatic heterocycles. The van der Waals surface area contributed by atoms with Gasteiger partial charge in [0.05, 0.1) is 18.9 Å². The van der Waals surface area contributed by atoms with E-state index in [1.165, 1.54) is 12.1 Å². The molecule has 0 amide bonds. The summed E-state index contributed by atoms with van der Waals surface area (Å²) in [4.78, 5) is 0. The Labute approximate surface area is 113 Å². The molecule has 0 atom stereocenters. The van der Waals surface area contributed by atoms with Crippen molar-refractivity contribution in [1.29, 1.82) is 0 Å². The topological polar surface area (TPSA) is 53.7 Å². The number of nitrogens with two attached hydrogens (primary N) is 1. The van der Waals surface area contributed by atoms with Crippen molar-refractivity contribution in [3.63, 3.8) is 0 Å². The highest BCUT2D eigenvalue weighted by atomic mass is 19.1. The maximum Gasteiger partial charge on any atom is 0.167 e. The van der Waals surface area contributed by atoms with Crippen LogP contribution in [0.2, 0.25) is 0 Å². The van der Waals surface area contributed by atoms with Gasteiger partial charge in [-0.3, -0.25) is 0 Å². The number of rotatable bonds is 9. The van der Waals surface area contributed by atoms with Crippen molar-refractivity contribution in [2.75, 3.05) is 32.2 Å². The van der Waals surface area contributed by atoms with Crippen LogP contribution in [0.1, 0.15) is 26.7 Å². The lowest BCUT2D eigenvalue weighted by atomic mass is 10.2. The second-order valence-electron chi connectivity index (χ2n) is 4.13. The molecule has 5 heteroatoms. The van der Waals surface area contributed by atoms with E-state index < -0.39 is 5.82 Å². The van der Waals surface area contributed by atoms with Crippen molar-refractivity contribution in [2.24, 2.45) is 0 Å². The van der Waals surface area contributed by atoms with Crippen molar-refractivity contribution in [3.05, 3.63) is 17.9 Å². The van der Waals surface area contributed by atoms with Crippen molar-refractivity contribution >= 4 is 5.69 Å². The molecular weight excluding hydrogens is 249 g/mol. The number of benzene rings is 1. The molecule has 0 bridgehead atoms. The SMILES string of the molecule is CCCOCCOc1cc(OCCC)c(F)cc1N. The third-order valence-electron chi connectivity index (χ3n) is 2.36. The molecule has 0 saturated carbocycles. The average molecular weight is 271 g/mol. The van der Waals surface area contributed by atoms with Gasteiger partial charge in [0, 0.05) is 18.7 Å². The first-order chi connectivity index (χ1) is 9.19. The fraction of sp³-hybridized carbons (Fsp3) is 0.571. The van der Waals surface area contributed by atoms with E-state index in [4.69, 9.17) is 19.9 Å². The largest absolute Gasteiger partial charge is 0.490 e. The summed E-state index contributed by atoms with van der Waals surface area (Å²) >= 11 is 0. The molecule has 1 rings (SSSR count). The lowest BCUT2D eigenvalue weighted by Crippen LogP contribution is -2.09. The van der Waals surface area contributed by atoms with E-state index in [2.05, 4.69) is 0 Å². The van der Waals surface area contributed by atoms with Gasteiger partial charge in [0.25, 0.3) is 0 Å². The zero-order valence-corrected chi connectivity index (χ0v) is 11.6. The normalized spacial score (nSPS) is 10.5. The zero-order valence-electron chi connectivity index (χ0n) is 11.6. The van der Waals surface area contributed by atoms with Gasteiger partial charge in [-0.1, -0.05) is 13.8 Å². The van der Waals surface area contributed by atoms with E-state index in [0.717, 1.165) is 12.8 Å². The van der Waals surface area contributed by atoms with Crippen LogP contribution in [0, 0.1) is 5.82 Å². The Kier molecular flexibility index (Phi) is 7.03. The minimum absolute atomic E-state index is 0.167. The molecule has 1 aromatic rings. The second kappa shape index (κ2) is 8.58. The van der Waals surface area contributed by atoms with Gasteiger partial charge in [0.2, 0.25) is 0 Å². The molecule has 4 nitrogen and oxygen atoms in total. The molecule has 0 aliphatic heterocycles. The first-order valence-corrected chi connectivity index (χ1v) is 6.61. The summed E-state index contributed by atoms with van der Waals surface area (Å²) in [5.74, 6) is 0.119. The smallest absolute Gasteiger partial charge is 0.167 e. The Balaban J connectivity index is 2.56. The average Bonchev–Trinajstić information content (AvgIpc) is 2.39. The van der Waals surface area contributed by atoms with Gasteiger partial charge in [-0.25, -0.2) is 4.39 Å². The molecule has 2 N–H and O–H groups in total. The van der Waals surface area contributed by atoms with Gasteiger partial charge in [-0.15, -0.1) is 0 Å². The van der Waals surface area contributed by atoms with Crippen molar-refractivity contribution in [2.45, 2.75) is 26.7 Å². The van der Waals surface area contributed by atoms with E-state index in [9.17, 15) is 4.39 Å². The van der Waals surface area contributed by atoms with Crippen molar-refractivity contribution in [1.82, 2.24) is 0 Å². The Hall–Kier alpha value is -1.49. The van der Waals surface area contributed by atoms with E-state index in [1.54, 1.807) is 0 Å². The summed E-state index contributed by atoms with van der Waals surface area (Å²) in [5, 5.41) is 0. The molecule has 0 aliphatic rings. The van der Waals surface area contributed by atoms with Gasteiger partial charge >= 0.3 is 0 Å². The molecule has 19 heavy (non-hydrogen) atoms. The van der Waals surface area contributed by atoms with Gasteiger partial charge in [0.1, 0.15) is 12.4 Å². The van der Waals surface area contributed by atoms with E-state index in [0.29, 0.717) is 32.2 Å². The summed E-state index contributed by atoms with van der Waals surface area (Å²) in [7, 11) is 0. The number of nitrogen functional groups attached to an aromatic ring is 1. The summed E-state index contributed by atoms with van der Waals surface area (Å²) in [6.07, 6.45) is 1.78. The molecule has 0 saturated heterocycles. The molecule has 0 heterocycles. The number of anilines is 1. The second-order valence-corrected chi connectivity index (χ2v) is 4.13. The molecule has 0 unspecified atom stereocenters. The Bertz CT molecular complexity index is 385. The molecule has 0 aliphatic carbocycles. The van der Waals surface area contributed by atoms with Crippen LogP contribution in [0.4, 0.5) is 10.1 Å². The summed E-state index contributed by atoms with van der Waals surface area (Å²) in [6, 6.07) is 2.70. The van der Waals surface area contributed by atoms with Crippen molar-refractivity contribution < 1.29 is 18.6 Å². The predicted octanol–water partition coefficient (Wildman–Crippen LogP) is 3.00. The van der Waals surface area contributed by atoms with Gasteiger partial charge in [-0.2, -0.15) is 0 Å². The number of hydrogen-bond acceptors (Lipinski definition) is 4. The van der Waals surface area contributed by atoms with Gasteiger partial charge in [-0.05, 0) is 12.8 Å². The summed E-state index contributed by atoms with van der Waals surface area (Å²) < 4.78 is 29.6. The van der Waals surface area contributed by atoms with Gasteiger partial charge in [0.15, 0.2) is 11.6 Å². The van der Waals surface area contributed by atoms with Crippen LogP contribution in [0.15, 0.2) is 12.1 Å². The molecule has 0 fully saturated rings. The maximum atomic E-state index is 13.6. The van der Waals surface area contributed by atoms with Crippen LogP contribution < -0.4 is 15.2 Å². The van der Waals surface area contributed by atoms with Gasteiger partial charge < -0.3 is 19.9 Å². The zero-order chi connectivity index (χ0) is 14.1. The molecule has 0 spiro atoms. The highest BCUT2D eigenvalue weighted by Crippen LogP contribution is 2.30. The Morgan fingerprint density at radius 2 is 1.63 bits per heavy atom. The third-order valence-corrected chi connectivity index (χ3v) is 2.36. The van der Waals surface area contributed by atoms with Crippen LogP contribution in [0.3, 0.4) is 0 Å². The van der Waals surface area contributed by atoms with Crippen LogP contribution in [0.25, 0.3) is 0 Å². The molecule has 1 aromatic carbocycles. The Morgan fingerprint density at radius 3 is 2.32 bits per heavy atom. The van der Waals surface area contributed by atoms with Crippen LogP contribution >= 0.6 is 0 Å². The summed E-state index contributed by atoms with van der Waals surface area (Å²) in [5.41, 5.74) is 5.96. The minimum atomic E-state index is -0.472. The molecular formula is C14H22FNO3. The molecule has 0 radical (unpaired) electrons. The monoisotopic (exact) mass is 271 g/mol. The van der Waals surface area contributed by atoms with Crippen LogP contribution in [0.5, 0.6) is 11.5 Å². The first-order valence-electron chi connectivity index (χ1n) is 6.61. The highest BCUT2D eigenvalue weighted by Gasteiger charge is 2.10. The highest BCUT2D eigenvalue weighted by molar-refractivity contribution is 5.56. The van der Waals surface area contributed by atoms with Crippen LogP contribution in [-0.2, 0) is 4.74 Å². The maximum absolute atomic E-state index is 13.6. The lowest BCUT2D eigenvalue weighted by Gasteiger charge is -2.12. The number of halogens is 1. The first kappa shape index (κ1) is 15.6. The van der Waals surface area contributed by atoms with Crippen molar-refractivity contribution in [3.8, 4) is 11.5 Å².